The number of nitrogens with one attached hydrogen (secondary N) is 2. The van der Waals surface area contributed by atoms with Gasteiger partial charge < -0.3 is 9.84 Å². The van der Waals surface area contributed by atoms with Crippen LogP contribution in [-0.2, 0) is 19.7 Å². The van der Waals surface area contributed by atoms with E-state index in [0.717, 1.165) is 0 Å². The van der Waals surface area contributed by atoms with Gasteiger partial charge >= 0.3 is 5.97 Å². The van der Waals surface area contributed by atoms with Crippen LogP contribution in [0.2, 0.25) is 0 Å². The number of methoxy groups -OCH3 is 1. The Hall–Kier alpha value is -0.700. The maximum absolute atomic E-state index is 11.1. The molecule has 0 rings (SSSR count). The summed E-state index contributed by atoms with van der Waals surface area (Å²) in [5.41, 5.74) is 0. The smallest absolute Gasteiger partial charge is 0.321 e. The van der Waals surface area contributed by atoms with Crippen molar-refractivity contribution in [1.82, 2.24) is 9.44 Å². The first-order valence-electron chi connectivity index (χ1n) is 3.87. The lowest BCUT2D eigenvalue weighted by atomic mass is 10.4. The Balaban J connectivity index is 4.01. The van der Waals surface area contributed by atoms with Gasteiger partial charge in [-0.25, -0.2) is 0 Å². The molecule has 0 radical (unpaired) electrons. The van der Waals surface area contributed by atoms with Gasteiger partial charge in [-0.3, -0.25) is 4.79 Å². The molecule has 0 heterocycles. The Morgan fingerprint density at radius 2 is 2.14 bits per heavy atom. The molecule has 1 unspecified atom stereocenters. The number of aliphatic carboxylic acids is 1. The zero-order valence-electron chi connectivity index (χ0n) is 7.98. The van der Waals surface area contributed by atoms with Gasteiger partial charge in [-0.2, -0.15) is 17.9 Å². The first-order valence-corrected chi connectivity index (χ1v) is 5.36. The topological polar surface area (TPSA) is 105 Å². The third-order valence-electron chi connectivity index (χ3n) is 1.30. The lowest BCUT2D eigenvalue weighted by Gasteiger charge is -2.10. The molecule has 0 fully saturated rings. The molecule has 0 aromatic heterocycles. The van der Waals surface area contributed by atoms with E-state index in [9.17, 15) is 13.2 Å². The monoisotopic (exact) mass is 226 g/mol. The molecule has 7 nitrogen and oxygen atoms in total. The Morgan fingerprint density at radius 3 is 2.57 bits per heavy atom. The highest BCUT2D eigenvalue weighted by molar-refractivity contribution is 7.87. The highest BCUT2D eigenvalue weighted by Crippen LogP contribution is 1.85. The SMILES string of the molecule is COCCNS(=O)(=O)NC(C)C(=O)O. The van der Waals surface area contributed by atoms with Gasteiger partial charge in [0.2, 0.25) is 0 Å². The summed E-state index contributed by atoms with van der Waals surface area (Å²) >= 11 is 0. The van der Waals surface area contributed by atoms with Gasteiger partial charge in [0.1, 0.15) is 6.04 Å². The molecule has 0 aliphatic heterocycles. The highest BCUT2D eigenvalue weighted by atomic mass is 32.2. The largest absolute Gasteiger partial charge is 0.480 e. The molecular weight excluding hydrogens is 212 g/mol. The van der Waals surface area contributed by atoms with Crippen LogP contribution in [0, 0.1) is 0 Å². The molecule has 14 heavy (non-hydrogen) atoms. The van der Waals surface area contributed by atoms with E-state index in [1.165, 1.54) is 14.0 Å². The zero-order chi connectivity index (χ0) is 11.2. The van der Waals surface area contributed by atoms with E-state index < -0.39 is 22.2 Å². The summed E-state index contributed by atoms with van der Waals surface area (Å²) in [4.78, 5) is 10.3. The van der Waals surface area contributed by atoms with Crippen molar-refractivity contribution in [3.63, 3.8) is 0 Å². The predicted octanol–water partition coefficient (Wildman–Crippen LogP) is -1.47. The summed E-state index contributed by atoms with van der Waals surface area (Å²) in [7, 11) is -2.33. The second-order valence-corrected chi connectivity index (χ2v) is 4.10. The van der Waals surface area contributed by atoms with Crippen LogP contribution in [0.5, 0.6) is 0 Å². The lowest BCUT2D eigenvalue weighted by Crippen LogP contribution is -2.45. The minimum Gasteiger partial charge on any atom is -0.480 e. The maximum atomic E-state index is 11.1. The van der Waals surface area contributed by atoms with Crippen molar-refractivity contribution in [3.8, 4) is 0 Å². The molecule has 0 bridgehead atoms. The summed E-state index contributed by atoms with van der Waals surface area (Å²) in [6.45, 7) is 1.55. The minimum absolute atomic E-state index is 0.0954. The van der Waals surface area contributed by atoms with Gasteiger partial charge in [0, 0.05) is 13.7 Å². The van der Waals surface area contributed by atoms with Gasteiger partial charge in [0.25, 0.3) is 10.2 Å². The van der Waals surface area contributed by atoms with Crippen molar-refractivity contribution in [2.24, 2.45) is 0 Å². The van der Waals surface area contributed by atoms with Crippen LogP contribution in [0.1, 0.15) is 6.92 Å². The molecule has 1 atom stereocenters. The van der Waals surface area contributed by atoms with E-state index in [1.807, 2.05) is 4.72 Å². The molecule has 0 spiro atoms. The third-order valence-corrected chi connectivity index (χ3v) is 2.55. The first-order chi connectivity index (χ1) is 6.39. The molecule has 84 valence electrons. The van der Waals surface area contributed by atoms with E-state index in [0.29, 0.717) is 0 Å². The van der Waals surface area contributed by atoms with E-state index >= 15 is 0 Å². The van der Waals surface area contributed by atoms with Crippen molar-refractivity contribution in [1.29, 1.82) is 0 Å². The predicted molar refractivity (Wildman–Crippen MR) is 49.0 cm³/mol. The Kier molecular flexibility index (Phi) is 5.62. The Morgan fingerprint density at radius 1 is 1.57 bits per heavy atom. The Labute approximate surface area is 82.6 Å². The minimum atomic E-state index is -3.76. The molecule has 0 saturated carbocycles. The third kappa shape index (κ3) is 5.86. The van der Waals surface area contributed by atoms with Gasteiger partial charge in [-0.1, -0.05) is 0 Å². The van der Waals surface area contributed by atoms with Gasteiger partial charge in [0.15, 0.2) is 0 Å². The van der Waals surface area contributed by atoms with E-state index in [2.05, 4.69) is 9.46 Å². The van der Waals surface area contributed by atoms with Crippen LogP contribution in [-0.4, -0.2) is 45.8 Å². The molecule has 0 saturated heterocycles. The van der Waals surface area contributed by atoms with Crippen molar-refractivity contribution in [3.05, 3.63) is 0 Å². The number of carboxylic acids is 1. The fraction of sp³-hybridized carbons (Fsp3) is 0.833. The van der Waals surface area contributed by atoms with E-state index in [4.69, 9.17) is 5.11 Å². The van der Waals surface area contributed by atoms with E-state index in [-0.39, 0.29) is 13.2 Å². The number of carbonyl (C=O) groups is 1. The standard InChI is InChI=1S/C6H14N2O5S/c1-5(6(9)10)8-14(11,12)7-3-4-13-2/h5,7-8H,3-4H2,1-2H3,(H,9,10). The molecule has 3 N–H and O–H groups in total. The summed E-state index contributed by atoms with van der Waals surface area (Å²) in [6, 6.07) is -1.16. The second kappa shape index (κ2) is 5.91. The molecule has 0 aromatic rings. The molecule has 0 aliphatic carbocycles. The van der Waals surface area contributed by atoms with E-state index in [1.54, 1.807) is 0 Å². The second-order valence-electron chi connectivity index (χ2n) is 2.57. The van der Waals surface area contributed by atoms with Crippen LogP contribution in [0.15, 0.2) is 0 Å². The average Bonchev–Trinajstić information content (AvgIpc) is 2.03. The number of hydrogen-bond acceptors (Lipinski definition) is 4. The average molecular weight is 226 g/mol. The van der Waals surface area contributed by atoms with Crippen molar-refractivity contribution < 1.29 is 23.1 Å². The van der Waals surface area contributed by atoms with Gasteiger partial charge in [-0.05, 0) is 6.92 Å². The summed E-state index contributed by atoms with van der Waals surface area (Å²) in [6.07, 6.45) is 0. The lowest BCUT2D eigenvalue weighted by molar-refractivity contribution is -0.138. The highest BCUT2D eigenvalue weighted by Gasteiger charge is 2.18. The fourth-order valence-electron chi connectivity index (χ4n) is 0.603. The van der Waals surface area contributed by atoms with Crippen LogP contribution in [0.25, 0.3) is 0 Å². The van der Waals surface area contributed by atoms with Crippen LogP contribution in [0.4, 0.5) is 0 Å². The zero-order valence-corrected chi connectivity index (χ0v) is 8.80. The molecule has 0 aromatic carbocycles. The van der Waals surface area contributed by atoms with Crippen LogP contribution >= 0.6 is 0 Å². The summed E-state index contributed by atoms with van der Waals surface area (Å²) in [5, 5.41) is 8.44. The first kappa shape index (κ1) is 13.3. The number of ether oxygens (including phenoxy) is 1. The fourth-order valence-corrected chi connectivity index (χ4v) is 1.60. The normalized spacial score (nSPS) is 13.9. The Bertz CT molecular complexity index is 276. The summed E-state index contributed by atoms with van der Waals surface area (Å²) < 4.78 is 30.8. The van der Waals surface area contributed by atoms with Crippen LogP contribution in [0.3, 0.4) is 0 Å². The number of rotatable bonds is 7. The molecule has 0 amide bonds. The van der Waals surface area contributed by atoms with Crippen molar-refractivity contribution >= 4 is 16.2 Å². The molecular formula is C6H14N2O5S. The molecule has 8 heteroatoms. The van der Waals surface area contributed by atoms with Crippen molar-refractivity contribution in [2.75, 3.05) is 20.3 Å². The van der Waals surface area contributed by atoms with Crippen LogP contribution < -0.4 is 9.44 Å². The van der Waals surface area contributed by atoms with Crippen molar-refractivity contribution in [2.45, 2.75) is 13.0 Å². The summed E-state index contributed by atoms with van der Waals surface area (Å²) in [5.74, 6) is -1.23. The number of hydrogen-bond donors (Lipinski definition) is 3. The van der Waals surface area contributed by atoms with Gasteiger partial charge in [-0.15, -0.1) is 0 Å². The quantitative estimate of drug-likeness (QED) is 0.460. The number of carboxylic acid groups (broad SMARTS) is 1. The van der Waals surface area contributed by atoms with Gasteiger partial charge in [0.05, 0.1) is 6.61 Å². The maximum Gasteiger partial charge on any atom is 0.321 e. The molecule has 0 aliphatic rings.